The molecule has 3 N–H and O–H groups in total. The van der Waals surface area contributed by atoms with Gasteiger partial charge in [0.1, 0.15) is 0 Å². The van der Waals surface area contributed by atoms with Gasteiger partial charge in [0.25, 0.3) is 0 Å². The summed E-state index contributed by atoms with van der Waals surface area (Å²) < 4.78 is 0. The first-order valence-electron chi connectivity index (χ1n) is 2.97. The summed E-state index contributed by atoms with van der Waals surface area (Å²) in [6.07, 6.45) is 1.14. The van der Waals surface area contributed by atoms with Gasteiger partial charge in [-0.25, -0.2) is 0 Å². The minimum absolute atomic E-state index is 0. The van der Waals surface area contributed by atoms with E-state index in [4.69, 9.17) is 0 Å². The van der Waals surface area contributed by atoms with Crippen molar-refractivity contribution in [3.8, 4) is 0 Å². The highest BCUT2D eigenvalue weighted by molar-refractivity contribution is 5.13. The molecule has 0 bridgehead atoms. The third kappa shape index (κ3) is 3.25. The minimum Gasteiger partial charge on any atom is -0.344 e. The van der Waals surface area contributed by atoms with Crippen molar-refractivity contribution in [3.63, 3.8) is 0 Å². The van der Waals surface area contributed by atoms with E-state index in [1.807, 2.05) is 6.07 Å². The van der Waals surface area contributed by atoms with E-state index < -0.39 is 0 Å². The third-order valence-corrected chi connectivity index (χ3v) is 1.25. The Balaban J connectivity index is 0. The Hall–Kier alpha value is -0.820. The van der Waals surface area contributed by atoms with Gasteiger partial charge in [-0.1, -0.05) is 37.3 Å². The van der Waals surface area contributed by atoms with Crippen LogP contribution in [0, 0.1) is 7.43 Å². The lowest BCUT2D eigenvalue weighted by molar-refractivity contribution is 1.14. The Morgan fingerprint density at radius 2 is 1.60 bits per heavy atom. The zero-order valence-corrected chi connectivity index (χ0v) is 6.30. The fraction of sp³-hybridized carbons (Fsp3) is 0.222. The first kappa shape index (κ1) is 11.9. The van der Waals surface area contributed by atoms with Crippen molar-refractivity contribution < 1.29 is 0 Å². The molecule has 0 saturated carbocycles. The molecule has 0 spiro atoms. The number of aryl methyl sites for hydroxylation is 1. The van der Waals surface area contributed by atoms with Crippen molar-refractivity contribution in [2.75, 3.05) is 0 Å². The molecule has 0 heterocycles. The molecule has 0 unspecified atom stereocenters. The molecule has 1 aromatic carbocycles. The van der Waals surface area contributed by atoms with E-state index >= 15 is 0 Å². The summed E-state index contributed by atoms with van der Waals surface area (Å²) in [4.78, 5) is 0. The predicted molar refractivity (Wildman–Crippen MR) is 44.1 cm³/mol. The van der Waals surface area contributed by atoms with Crippen LogP contribution in [0.25, 0.3) is 0 Å². The number of rotatable bonds is 1. The molecule has 0 aromatic heterocycles. The lowest BCUT2D eigenvalue weighted by Gasteiger charge is -1.89. The Kier molecular flexibility index (Phi) is 7.51. The van der Waals surface area contributed by atoms with Gasteiger partial charge in [0.05, 0.1) is 0 Å². The second kappa shape index (κ2) is 6.30. The standard InChI is InChI=1S/C8H10.C.H3N/c1-2-8-6-4-3-5-7-8;;/h3-7H,2H2,1H3;;1H3. The molecule has 54 valence electrons. The fourth-order valence-corrected chi connectivity index (χ4v) is 0.714. The maximum Gasteiger partial charge on any atom is 0 e. The van der Waals surface area contributed by atoms with E-state index in [1.165, 1.54) is 5.56 Å². The summed E-state index contributed by atoms with van der Waals surface area (Å²) in [5.74, 6) is 0. The normalized spacial score (nSPS) is 7.30. The molecule has 1 nitrogen and oxygen atoms in total. The van der Waals surface area contributed by atoms with Gasteiger partial charge in [0, 0.05) is 7.43 Å². The molecule has 0 atom stereocenters. The van der Waals surface area contributed by atoms with E-state index in [9.17, 15) is 0 Å². The molecule has 1 heteroatoms. The molecular weight excluding hydrogens is 122 g/mol. The van der Waals surface area contributed by atoms with Crippen LogP contribution < -0.4 is 6.15 Å². The van der Waals surface area contributed by atoms with Crippen LogP contribution in [0.1, 0.15) is 12.5 Å². The van der Waals surface area contributed by atoms with Crippen molar-refractivity contribution in [2.24, 2.45) is 0 Å². The molecule has 0 saturated heterocycles. The van der Waals surface area contributed by atoms with Gasteiger partial charge < -0.3 is 6.15 Å². The van der Waals surface area contributed by atoms with Gasteiger partial charge in [-0.05, 0) is 12.0 Å². The summed E-state index contributed by atoms with van der Waals surface area (Å²) in [5, 5.41) is 0. The van der Waals surface area contributed by atoms with Crippen molar-refractivity contribution >= 4 is 0 Å². The van der Waals surface area contributed by atoms with Crippen molar-refractivity contribution in [1.29, 1.82) is 0 Å². The molecule has 10 heavy (non-hydrogen) atoms. The molecule has 0 aliphatic heterocycles. The second-order valence-corrected chi connectivity index (χ2v) is 1.84. The monoisotopic (exact) mass is 135 g/mol. The zero-order valence-electron chi connectivity index (χ0n) is 6.30. The topological polar surface area (TPSA) is 35.0 Å². The molecule has 0 fully saturated rings. The van der Waals surface area contributed by atoms with Crippen LogP contribution in [0.4, 0.5) is 0 Å². The Bertz CT molecular complexity index is 146. The molecule has 1 rings (SSSR count). The minimum atomic E-state index is 0. The molecule has 1 aromatic rings. The smallest absolute Gasteiger partial charge is 0 e. The second-order valence-electron chi connectivity index (χ2n) is 1.84. The Morgan fingerprint density at radius 3 is 1.90 bits per heavy atom. The van der Waals surface area contributed by atoms with Crippen molar-refractivity contribution in [2.45, 2.75) is 13.3 Å². The number of benzene rings is 1. The fourth-order valence-electron chi connectivity index (χ4n) is 0.714. The Morgan fingerprint density at radius 1 is 1.10 bits per heavy atom. The van der Waals surface area contributed by atoms with Crippen LogP contribution in [-0.2, 0) is 6.42 Å². The van der Waals surface area contributed by atoms with Gasteiger partial charge in [-0.2, -0.15) is 0 Å². The van der Waals surface area contributed by atoms with Crippen molar-refractivity contribution in [1.82, 2.24) is 6.15 Å². The van der Waals surface area contributed by atoms with E-state index in [0.717, 1.165) is 6.42 Å². The van der Waals surface area contributed by atoms with Gasteiger partial charge in [0.2, 0.25) is 0 Å². The van der Waals surface area contributed by atoms with Crippen LogP contribution in [0.2, 0.25) is 0 Å². The first-order valence-corrected chi connectivity index (χ1v) is 2.97. The van der Waals surface area contributed by atoms with Gasteiger partial charge in [0.15, 0.2) is 0 Å². The van der Waals surface area contributed by atoms with Gasteiger partial charge >= 0.3 is 0 Å². The molecule has 0 aliphatic carbocycles. The van der Waals surface area contributed by atoms with Crippen LogP contribution in [0.3, 0.4) is 0 Å². The summed E-state index contributed by atoms with van der Waals surface area (Å²) in [7, 11) is 0. The zero-order chi connectivity index (χ0) is 5.82. The van der Waals surface area contributed by atoms with E-state index in [0.29, 0.717) is 0 Å². The van der Waals surface area contributed by atoms with Crippen LogP contribution in [0.5, 0.6) is 0 Å². The predicted octanol–water partition coefficient (Wildman–Crippen LogP) is 2.49. The number of hydrogen-bond acceptors (Lipinski definition) is 1. The maximum absolute atomic E-state index is 2.16. The SMILES string of the molecule is CCc1ccccc1.N.[C]. The van der Waals surface area contributed by atoms with E-state index in [1.54, 1.807) is 0 Å². The lowest BCUT2D eigenvalue weighted by atomic mass is 10.2. The summed E-state index contributed by atoms with van der Waals surface area (Å²) >= 11 is 0. The third-order valence-electron chi connectivity index (χ3n) is 1.25. The molecule has 0 amide bonds. The average molecular weight is 135 g/mol. The number of hydrogen-bond donors (Lipinski definition) is 1. The first-order chi connectivity index (χ1) is 3.93. The highest BCUT2D eigenvalue weighted by atomic mass is 14.0. The summed E-state index contributed by atoms with van der Waals surface area (Å²) in [6.45, 7) is 2.16. The van der Waals surface area contributed by atoms with E-state index in [2.05, 4.69) is 31.2 Å². The average Bonchev–Trinajstić information content (AvgIpc) is 1.90. The summed E-state index contributed by atoms with van der Waals surface area (Å²) in [5.41, 5.74) is 1.41. The van der Waals surface area contributed by atoms with Crippen molar-refractivity contribution in [3.05, 3.63) is 43.3 Å². The quantitative estimate of drug-likeness (QED) is 0.630. The lowest BCUT2D eigenvalue weighted by Crippen LogP contribution is -1.73. The highest BCUT2D eigenvalue weighted by Crippen LogP contribution is 1.96. The van der Waals surface area contributed by atoms with Crippen LogP contribution in [0.15, 0.2) is 30.3 Å². The summed E-state index contributed by atoms with van der Waals surface area (Å²) in [6, 6.07) is 10.5. The molecule has 4 radical (unpaired) electrons. The maximum atomic E-state index is 2.16. The van der Waals surface area contributed by atoms with Crippen LogP contribution >= 0.6 is 0 Å². The molecule has 0 aliphatic rings. The van der Waals surface area contributed by atoms with Gasteiger partial charge in [-0.15, -0.1) is 0 Å². The van der Waals surface area contributed by atoms with Crippen LogP contribution in [-0.4, -0.2) is 0 Å². The van der Waals surface area contributed by atoms with E-state index in [-0.39, 0.29) is 13.6 Å². The van der Waals surface area contributed by atoms with Gasteiger partial charge in [-0.3, -0.25) is 0 Å². The highest BCUT2D eigenvalue weighted by Gasteiger charge is 1.79. The largest absolute Gasteiger partial charge is 0.344 e. The Labute approximate surface area is 63.7 Å². The molecular formula is C9H13N.